The third kappa shape index (κ3) is 4.00. The van der Waals surface area contributed by atoms with Crippen LogP contribution in [-0.2, 0) is 4.79 Å². The van der Waals surface area contributed by atoms with Crippen molar-refractivity contribution in [1.82, 2.24) is 10.2 Å². The van der Waals surface area contributed by atoms with Crippen LogP contribution in [0.1, 0.15) is 24.8 Å². The topological polar surface area (TPSA) is 32.3 Å². The van der Waals surface area contributed by atoms with Crippen LogP contribution in [0.2, 0.25) is 0 Å². The summed E-state index contributed by atoms with van der Waals surface area (Å²) in [5, 5.41) is 2.25. The molecule has 0 fully saturated rings. The van der Waals surface area contributed by atoms with Gasteiger partial charge in [0.25, 0.3) is 0 Å². The summed E-state index contributed by atoms with van der Waals surface area (Å²) in [6.45, 7) is 4.70. The average Bonchev–Trinajstić information content (AvgIpc) is 2.36. The van der Waals surface area contributed by atoms with E-state index in [1.165, 1.54) is 0 Å². The van der Waals surface area contributed by atoms with E-state index in [0.29, 0.717) is 6.54 Å². The number of likely N-dealkylation sites (N-methyl/N-ethyl adjacent to an activating group) is 1. The molecule has 1 atom stereocenters. The van der Waals surface area contributed by atoms with E-state index in [0.717, 1.165) is 5.56 Å². The van der Waals surface area contributed by atoms with Crippen molar-refractivity contribution in [2.45, 2.75) is 24.8 Å². The van der Waals surface area contributed by atoms with Crippen molar-refractivity contribution in [2.24, 2.45) is 0 Å². The van der Waals surface area contributed by atoms with Crippen LogP contribution in [0.4, 0.5) is 0 Å². The molecule has 0 aliphatic carbocycles. The summed E-state index contributed by atoms with van der Waals surface area (Å²) in [6, 6.07) is 9.37. The maximum Gasteiger partial charge on any atom is 0.242 e. The maximum atomic E-state index is 12.0. The number of benzene rings is 1. The lowest BCUT2D eigenvalue weighted by Gasteiger charge is -2.32. The smallest absolute Gasteiger partial charge is 0.242 e. The summed E-state index contributed by atoms with van der Waals surface area (Å²) in [4.78, 5) is 14.0. The lowest BCUT2D eigenvalue weighted by molar-refractivity contribution is -0.121. The molecule has 100 valence electrons. The van der Waals surface area contributed by atoms with E-state index in [1.807, 2.05) is 44.4 Å². The van der Waals surface area contributed by atoms with Crippen LogP contribution in [0.3, 0.4) is 0 Å². The van der Waals surface area contributed by atoms with Crippen LogP contribution in [-0.4, -0.2) is 37.0 Å². The van der Waals surface area contributed by atoms with E-state index >= 15 is 0 Å². The quantitative estimate of drug-likeness (QED) is 0.832. The van der Waals surface area contributed by atoms with E-state index in [-0.39, 0.29) is 11.4 Å². The zero-order valence-electron chi connectivity index (χ0n) is 11.4. The van der Waals surface area contributed by atoms with E-state index in [4.69, 9.17) is 11.6 Å². The molecule has 0 saturated carbocycles. The number of rotatable bonds is 5. The lowest BCUT2D eigenvalue weighted by atomic mass is 10.0. The number of alkyl halides is 1. The third-order valence-corrected chi connectivity index (χ3v) is 3.68. The van der Waals surface area contributed by atoms with Crippen molar-refractivity contribution in [3.05, 3.63) is 35.9 Å². The Morgan fingerprint density at radius 3 is 2.39 bits per heavy atom. The van der Waals surface area contributed by atoms with E-state index in [1.54, 1.807) is 0 Å². The van der Waals surface area contributed by atoms with Gasteiger partial charge in [-0.15, -0.1) is 11.6 Å². The molecule has 3 nitrogen and oxygen atoms in total. The summed E-state index contributed by atoms with van der Waals surface area (Å²) in [6.07, 6.45) is 0. The van der Waals surface area contributed by atoms with Gasteiger partial charge in [0.2, 0.25) is 5.91 Å². The zero-order valence-corrected chi connectivity index (χ0v) is 12.2. The van der Waals surface area contributed by atoms with Crippen LogP contribution < -0.4 is 5.32 Å². The summed E-state index contributed by atoms with van der Waals surface area (Å²) in [7, 11) is 3.98. The first kappa shape index (κ1) is 15.0. The van der Waals surface area contributed by atoms with Crippen LogP contribution in [0.25, 0.3) is 0 Å². The molecule has 18 heavy (non-hydrogen) atoms. The van der Waals surface area contributed by atoms with Crippen molar-refractivity contribution in [3.63, 3.8) is 0 Å². The number of halogens is 1. The number of nitrogens with zero attached hydrogens (tertiary/aromatic N) is 1. The summed E-state index contributed by atoms with van der Waals surface area (Å²) >= 11 is 6.14. The Bertz CT molecular complexity index is 390. The molecule has 0 heterocycles. The Hall–Kier alpha value is -1.06. The molecular weight excluding hydrogens is 248 g/mol. The Kier molecular flexibility index (Phi) is 5.17. The highest BCUT2D eigenvalue weighted by molar-refractivity contribution is 6.30. The van der Waals surface area contributed by atoms with Crippen LogP contribution in [0.5, 0.6) is 0 Å². The first-order chi connectivity index (χ1) is 8.34. The van der Waals surface area contributed by atoms with Gasteiger partial charge in [0.1, 0.15) is 5.38 Å². The Labute approximate surface area is 114 Å². The van der Waals surface area contributed by atoms with E-state index in [9.17, 15) is 4.79 Å². The first-order valence-corrected chi connectivity index (χ1v) is 6.42. The molecule has 0 aliphatic rings. The second-order valence-electron chi connectivity index (χ2n) is 5.20. The summed E-state index contributed by atoms with van der Waals surface area (Å²) < 4.78 is 0. The summed E-state index contributed by atoms with van der Waals surface area (Å²) in [5.41, 5.74) is 0.725. The van der Waals surface area contributed by atoms with Gasteiger partial charge >= 0.3 is 0 Å². The van der Waals surface area contributed by atoms with Crippen molar-refractivity contribution in [1.29, 1.82) is 0 Å². The van der Waals surface area contributed by atoms with E-state index < -0.39 is 5.38 Å². The van der Waals surface area contributed by atoms with Crippen LogP contribution in [0.15, 0.2) is 30.3 Å². The van der Waals surface area contributed by atoms with Crippen molar-refractivity contribution in [2.75, 3.05) is 20.6 Å². The fourth-order valence-electron chi connectivity index (χ4n) is 1.32. The molecule has 0 bridgehead atoms. The zero-order chi connectivity index (χ0) is 13.8. The largest absolute Gasteiger partial charge is 0.353 e. The fraction of sp³-hybridized carbons (Fsp3) is 0.500. The Balaban J connectivity index is 2.57. The molecule has 1 unspecified atom stereocenters. The number of carbonyl (C=O) groups excluding carboxylic acids is 1. The Morgan fingerprint density at radius 1 is 1.33 bits per heavy atom. The van der Waals surface area contributed by atoms with Crippen LogP contribution >= 0.6 is 11.6 Å². The average molecular weight is 269 g/mol. The molecule has 4 heteroatoms. The minimum absolute atomic E-state index is 0.0943. The number of nitrogens with one attached hydrogen (secondary N) is 1. The minimum Gasteiger partial charge on any atom is -0.353 e. The highest BCUT2D eigenvalue weighted by Crippen LogP contribution is 2.20. The number of carbonyl (C=O) groups is 1. The van der Waals surface area contributed by atoms with Gasteiger partial charge in [0.05, 0.1) is 0 Å². The van der Waals surface area contributed by atoms with Gasteiger partial charge < -0.3 is 10.2 Å². The summed E-state index contributed by atoms with van der Waals surface area (Å²) in [5.74, 6) is -0.155. The van der Waals surface area contributed by atoms with Gasteiger partial charge in [-0.25, -0.2) is 0 Å². The Morgan fingerprint density at radius 2 is 1.89 bits per heavy atom. The van der Waals surface area contributed by atoms with Crippen molar-refractivity contribution in [3.8, 4) is 0 Å². The maximum absolute atomic E-state index is 12.0. The van der Waals surface area contributed by atoms with E-state index in [2.05, 4.69) is 24.1 Å². The monoisotopic (exact) mass is 268 g/mol. The molecule has 0 spiro atoms. The lowest BCUT2D eigenvalue weighted by Crippen LogP contribution is -2.48. The fourth-order valence-corrected chi connectivity index (χ4v) is 1.55. The minimum atomic E-state index is -0.635. The predicted octanol–water partition coefficient (Wildman–Crippen LogP) is 2.42. The molecule has 1 rings (SSSR count). The second kappa shape index (κ2) is 6.21. The molecule has 0 aromatic heterocycles. The molecular formula is C14H21ClN2O. The van der Waals surface area contributed by atoms with Crippen molar-refractivity contribution < 1.29 is 4.79 Å². The number of amides is 1. The highest BCUT2D eigenvalue weighted by atomic mass is 35.5. The predicted molar refractivity (Wildman–Crippen MR) is 75.8 cm³/mol. The molecule has 0 saturated heterocycles. The normalized spacial score (nSPS) is 13.4. The molecule has 0 radical (unpaired) electrons. The highest BCUT2D eigenvalue weighted by Gasteiger charge is 2.23. The first-order valence-electron chi connectivity index (χ1n) is 5.99. The van der Waals surface area contributed by atoms with Gasteiger partial charge in [0, 0.05) is 12.1 Å². The second-order valence-corrected chi connectivity index (χ2v) is 5.63. The van der Waals surface area contributed by atoms with Gasteiger partial charge in [-0.3, -0.25) is 4.79 Å². The third-order valence-electron chi connectivity index (χ3n) is 3.23. The molecule has 1 aromatic rings. The van der Waals surface area contributed by atoms with Gasteiger partial charge in [-0.05, 0) is 33.5 Å². The number of hydrogen-bond donors (Lipinski definition) is 1. The standard InChI is InChI=1S/C14H21ClN2O/c1-14(2,17(3)4)10-16-13(18)12(15)11-8-6-5-7-9-11/h5-9,12H,10H2,1-4H3,(H,16,18). The van der Waals surface area contributed by atoms with Crippen LogP contribution in [0, 0.1) is 0 Å². The van der Waals surface area contributed by atoms with Crippen molar-refractivity contribution >= 4 is 17.5 Å². The molecule has 1 amide bonds. The molecule has 1 N–H and O–H groups in total. The molecule has 1 aromatic carbocycles. The number of hydrogen-bond acceptors (Lipinski definition) is 2. The molecule has 0 aliphatic heterocycles. The SMILES string of the molecule is CN(C)C(C)(C)CNC(=O)C(Cl)c1ccccc1. The van der Waals surface area contributed by atoms with Gasteiger partial charge in [0.15, 0.2) is 0 Å². The van der Waals surface area contributed by atoms with Gasteiger partial charge in [-0.2, -0.15) is 0 Å². The van der Waals surface area contributed by atoms with Gasteiger partial charge in [-0.1, -0.05) is 30.3 Å².